The van der Waals surface area contributed by atoms with Crippen molar-refractivity contribution in [3.63, 3.8) is 0 Å². The zero-order chi connectivity index (χ0) is 20.8. The predicted molar refractivity (Wildman–Crippen MR) is 114 cm³/mol. The summed E-state index contributed by atoms with van der Waals surface area (Å²) in [4.78, 5) is 29.6. The number of benzene rings is 2. The van der Waals surface area contributed by atoms with Crippen molar-refractivity contribution in [1.29, 1.82) is 0 Å². The number of aliphatic carboxylic acids is 1. The molecular formula is C24H30N2O3. The first-order valence-corrected chi connectivity index (χ1v) is 10.4. The number of carbonyl (C=O) groups excluding carboxylic acids is 1. The van der Waals surface area contributed by atoms with Crippen molar-refractivity contribution in [3.8, 4) is 0 Å². The molecule has 0 saturated carbocycles. The molecule has 2 atom stereocenters. The lowest BCUT2D eigenvalue weighted by Crippen LogP contribution is -2.55. The van der Waals surface area contributed by atoms with Gasteiger partial charge in [-0.05, 0) is 44.0 Å². The van der Waals surface area contributed by atoms with E-state index in [1.54, 1.807) is 4.90 Å². The highest BCUT2D eigenvalue weighted by atomic mass is 16.4. The summed E-state index contributed by atoms with van der Waals surface area (Å²) in [7, 11) is 2.04. The molecule has 5 heteroatoms. The van der Waals surface area contributed by atoms with Gasteiger partial charge in [-0.1, -0.05) is 67.6 Å². The third-order valence-electron chi connectivity index (χ3n) is 5.86. The summed E-state index contributed by atoms with van der Waals surface area (Å²) in [5, 5.41) is 9.90. The maximum Gasteiger partial charge on any atom is 0.326 e. The standard InChI is InChI=1S/C24H30N2O3/c1-3-15-25(2)20-14-16-26(21(17-20)24(28)29)23(27)22(18-10-6-4-7-11-18)19-12-8-5-9-13-19/h4-13,20-22H,3,14-17H2,1-2H3,(H,28,29)/t20-,21-/m0/s1. The quantitative estimate of drug-likeness (QED) is 0.779. The molecule has 3 rings (SSSR count). The molecule has 1 saturated heterocycles. The molecular weight excluding hydrogens is 364 g/mol. The number of hydrogen-bond donors (Lipinski definition) is 1. The minimum Gasteiger partial charge on any atom is -0.480 e. The number of amides is 1. The second-order valence-corrected chi connectivity index (χ2v) is 7.80. The van der Waals surface area contributed by atoms with Gasteiger partial charge >= 0.3 is 5.97 Å². The molecule has 154 valence electrons. The van der Waals surface area contributed by atoms with Crippen molar-refractivity contribution in [3.05, 3.63) is 71.8 Å². The van der Waals surface area contributed by atoms with Crippen LogP contribution in [0.3, 0.4) is 0 Å². The Morgan fingerprint density at radius 3 is 2.10 bits per heavy atom. The lowest BCUT2D eigenvalue weighted by Gasteiger charge is -2.42. The van der Waals surface area contributed by atoms with E-state index in [0.717, 1.165) is 30.5 Å². The van der Waals surface area contributed by atoms with Crippen LogP contribution in [0.2, 0.25) is 0 Å². The van der Waals surface area contributed by atoms with Gasteiger partial charge in [-0.3, -0.25) is 4.79 Å². The van der Waals surface area contributed by atoms with Gasteiger partial charge in [-0.15, -0.1) is 0 Å². The summed E-state index contributed by atoms with van der Waals surface area (Å²) in [6.07, 6.45) is 2.29. The van der Waals surface area contributed by atoms with Crippen molar-refractivity contribution >= 4 is 11.9 Å². The second kappa shape index (κ2) is 9.70. The van der Waals surface area contributed by atoms with Crippen LogP contribution in [0.15, 0.2) is 60.7 Å². The first kappa shape index (κ1) is 21.1. The highest BCUT2D eigenvalue weighted by molar-refractivity contribution is 5.91. The Morgan fingerprint density at radius 1 is 1.07 bits per heavy atom. The normalized spacial score (nSPS) is 19.5. The maximum absolute atomic E-state index is 13.7. The molecule has 1 heterocycles. The second-order valence-electron chi connectivity index (χ2n) is 7.80. The number of rotatable bonds is 7. The molecule has 0 spiro atoms. The van der Waals surface area contributed by atoms with E-state index >= 15 is 0 Å². The summed E-state index contributed by atoms with van der Waals surface area (Å²) >= 11 is 0. The van der Waals surface area contributed by atoms with Gasteiger partial charge < -0.3 is 14.9 Å². The minimum atomic E-state index is -0.923. The van der Waals surface area contributed by atoms with Gasteiger partial charge in [0, 0.05) is 12.6 Å². The minimum absolute atomic E-state index is 0.133. The zero-order valence-corrected chi connectivity index (χ0v) is 17.2. The molecule has 1 N–H and O–H groups in total. The van der Waals surface area contributed by atoms with Gasteiger partial charge in [0.1, 0.15) is 6.04 Å². The number of carboxylic acid groups (broad SMARTS) is 1. The van der Waals surface area contributed by atoms with E-state index < -0.39 is 17.9 Å². The summed E-state index contributed by atoms with van der Waals surface area (Å²) in [6.45, 7) is 3.51. The van der Waals surface area contributed by atoms with E-state index in [2.05, 4.69) is 11.8 Å². The van der Waals surface area contributed by atoms with Gasteiger partial charge in [-0.2, -0.15) is 0 Å². The lowest BCUT2D eigenvalue weighted by molar-refractivity contribution is -0.153. The van der Waals surface area contributed by atoms with Crippen LogP contribution in [0.1, 0.15) is 43.2 Å². The van der Waals surface area contributed by atoms with Crippen molar-refractivity contribution in [2.75, 3.05) is 20.1 Å². The average Bonchev–Trinajstić information content (AvgIpc) is 2.75. The Bertz CT molecular complexity index is 770. The zero-order valence-electron chi connectivity index (χ0n) is 17.2. The van der Waals surface area contributed by atoms with E-state index in [1.165, 1.54) is 0 Å². The fraction of sp³-hybridized carbons (Fsp3) is 0.417. The summed E-state index contributed by atoms with van der Waals surface area (Å²) in [6, 6.07) is 18.6. The first-order chi connectivity index (χ1) is 14.0. The summed E-state index contributed by atoms with van der Waals surface area (Å²) < 4.78 is 0. The largest absolute Gasteiger partial charge is 0.480 e. The third kappa shape index (κ3) is 4.85. The molecule has 1 aliphatic rings. The van der Waals surface area contributed by atoms with Gasteiger partial charge in [0.05, 0.1) is 5.92 Å². The SMILES string of the molecule is CCCN(C)[C@H]1CCN(C(=O)C(c2ccccc2)c2ccccc2)[C@H](C(=O)O)C1. The van der Waals surface area contributed by atoms with Crippen LogP contribution in [-0.4, -0.2) is 59.0 Å². The van der Waals surface area contributed by atoms with E-state index in [4.69, 9.17) is 0 Å². The van der Waals surface area contributed by atoms with Gasteiger partial charge in [0.25, 0.3) is 0 Å². The van der Waals surface area contributed by atoms with Crippen LogP contribution in [0, 0.1) is 0 Å². The summed E-state index contributed by atoms with van der Waals surface area (Å²) in [5.74, 6) is -1.55. The molecule has 0 aromatic heterocycles. The van der Waals surface area contributed by atoms with Crippen molar-refractivity contribution in [2.24, 2.45) is 0 Å². The van der Waals surface area contributed by atoms with Crippen molar-refractivity contribution in [2.45, 2.75) is 44.2 Å². The molecule has 1 aliphatic heterocycles. The number of piperidine rings is 1. The van der Waals surface area contributed by atoms with Crippen LogP contribution in [0.5, 0.6) is 0 Å². The molecule has 0 bridgehead atoms. The topological polar surface area (TPSA) is 60.9 Å². The molecule has 2 aromatic carbocycles. The van der Waals surface area contributed by atoms with E-state index in [0.29, 0.717) is 13.0 Å². The molecule has 2 aromatic rings. The highest BCUT2D eigenvalue weighted by Crippen LogP contribution is 2.31. The number of likely N-dealkylation sites (tertiary alicyclic amines) is 1. The van der Waals surface area contributed by atoms with E-state index in [1.807, 2.05) is 67.7 Å². The molecule has 29 heavy (non-hydrogen) atoms. The lowest BCUT2D eigenvalue weighted by atomic mass is 9.87. The van der Waals surface area contributed by atoms with Crippen LogP contribution in [0.25, 0.3) is 0 Å². The predicted octanol–water partition coefficient (Wildman–Crippen LogP) is 3.60. The van der Waals surface area contributed by atoms with E-state index in [9.17, 15) is 14.7 Å². The average molecular weight is 395 g/mol. The van der Waals surface area contributed by atoms with E-state index in [-0.39, 0.29) is 11.9 Å². The Morgan fingerprint density at radius 2 is 1.62 bits per heavy atom. The molecule has 0 radical (unpaired) electrons. The van der Waals surface area contributed by atoms with Crippen molar-refractivity contribution in [1.82, 2.24) is 9.80 Å². The fourth-order valence-electron chi connectivity index (χ4n) is 4.31. The van der Waals surface area contributed by atoms with Crippen LogP contribution in [0.4, 0.5) is 0 Å². The van der Waals surface area contributed by atoms with Gasteiger partial charge in [0.2, 0.25) is 5.91 Å². The fourth-order valence-corrected chi connectivity index (χ4v) is 4.31. The van der Waals surface area contributed by atoms with Crippen LogP contribution >= 0.6 is 0 Å². The van der Waals surface area contributed by atoms with Gasteiger partial charge in [-0.25, -0.2) is 4.79 Å². The number of carbonyl (C=O) groups is 2. The Hall–Kier alpha value is -2.66. The van der Waals surface area contributed by atoms with Crippen LogP contribution in [-0.2, 0) is 9.59 Å². The highest BCUT2D eigenvalue weighted by Gasteiger charge is 2.40. The first-order valence-electron chi connectivity index (χ1n) is 10.4. The van der Waals surface area contributed by atoms with Crippen LogP contribution < -0.4 is 0 Å². The molecule has 0 aliphatic carbocycles. The number of hydrogen-bond acceptors (Lipinski definition) is 3. The monoisotopic (exact) mass is 394 g/mol. The summed E-state index contributed by atoms with van der Waals surface area (Å²) in [5.41, 5.74) is 1.77. The van der Waals surface area contributed by atoms with Crippen molar-refractivity contribution < 1.29 is 14.7 Å². The smallest absolute Gasteiger partial charge is 0.326 e. The molecule has 1 amide bonds. The molecule has 5 nitrogen and oxygen atoms in total. The maximum atomic E-state index is 13.7. The number of nitrogens with zero attached hydrogens (tertiary/aromatic N) is 2. The Kier molecular flexibility index (Phi) is 7.04. The Labute approximate surface area is 172 Å². The number of carboxylic acids is 1. The molecule has 0 unspecified atom stereocenters. The Balaban J connectivity index is 1.90. The van der Waals surface area contributed by atoms with Gasteiger partial charge in [0.15, 0.2) is 0 Å². The molecule has 1 fully saturated rings. The third-order valence-corrected chi connectivity index (χ3v) is 5.86.